The van der Waals surface area contributed by atoms with Gasteiger partial charge in [0.1, 0.15) is 5.82 Å². The van der Waals surface area contributed by atoms with Gasteiger partial charge in [-0.05, 0) is 48.6 Å². The van der Waals surface area contributed by atoms with Crippen LogP contribution in [0.4, 0.5) is 5.82 Å². The molecule has 0 spiro atoms. The Hall–Kier alpha value is -1.64. The van der Waals surface area contributed by atoms with E-state index in [9.17, 15) is 4.79 Å². The summed E-state index contributed by atoms with van der Waals surface area (Å²) < 4.78 is 8.18. The molecule has 0 bridgehead atoms. The van der Waals surface area contributed by atoms with Gasteiger partial charge in [0.25, 0.3) is 0 Å². The van der Waals surface area contributed by atoms with Crippen molar-refractivity contribution in [2.45, 2.75) is 33.4 Å². The predicted molar refractivity (Wildman–Crippen MR) is 95.6 cm³/mol. The number of carbonyl (C=O) groups excluding carboxylic acids is 1. The van der Waals surface area contributed by atoms with Crippen LogP contribution in [0.15, 0.2) is 18.3 Å². The summed E-state index contributed by atoms with van der Waals surface area (Å²) in [4.78, 5) is 18.9. The molecule has 3 heterocycles. The summed E-state index contributed by atoms with van der Waals surface area (Å²) in [7, 11) is 0. The number of aryl methyl sites for hydroxylation is 1. The zero-order valence-corrected chi connectivity index (χ0v) is 15.4. The molecule has 7 heteroatoms. The lowest BCUT2D eigenvalue weighted by molar-refractivity contribution is 0.0517. The molecule has 23 heavy (non-hydrogen) atoms. The highest BCUT2D eigenvalue weighted by atomic mass is 127. The van der Waals surface area contributed by atoms with Crippen LogP contribution in [0.3, 0.4) is 0 Å². The molecule has 0 fully saturated rings. The zero-order chi connectivity index (χ0) is 16.4. The Morgan fingerprint density at radius 3 is 2.87 bits per heavy atom. The summed E-state index contributed by atoms with van der Waals surface area (Å²) in [6, 6.07) is 4.06. The van der Waals surface area contributed by atoms with E-state index < -0.39 is 0 Å². The molecule has 0 N–H and O–H groups in total. The van der Waals surface area contributed by atoms with E-state index in [-0.39, 0.29) is 5.97 Å². The Balaban J connectivity index is 1.93. The van der Waals surface area contributed by atoms with E-state index in [1.807, 2.05) is 36.9 Å². The van der Waals surface area contributed by atoms with Gasteiger partial charge in [-0.3, -0.25) is 4.68 Å². The number of hydrogen-bond acceptors (Lipinski definition) is 5. The van der Waals surface area contributed by atoms with E-state index in [0.717, 1.165) is 40.2 Å². The second-order valence-corrected chi connectivity index (χ2v) is 6.56. The van der Waals surface area contributed by atoms with E-state index in [1.165, 1.54) is 0 Å². The largest absolute Gasteiger partial charge is 0.461 e. The van der Waals surface area contributed by atoms with Gasteiger partial charge in [0.15, 0.2) is 5.69 Å². The molecule has 3 rings (SSSR count). The third-order valence-corrected chi connectivity index (χ3v) is 4.58. The van der Waals surface area contributed by atoms with Crippen LogP contribution in [-0.2, 0) is 24.2 Å². The first kappa shape index (κ1) is 16.2. The SMILES string of the molecule is CCOC(=O)c1nn(CC)c2c1CN(c1ccc(I)cn1)CC2. The number of pyridine rings is 1. The Labute approximate surface area is 149 Å². The van der Waals surface area contributed by atoms with Crippen molar-refractivity contribution in [1.29, 1.82) is 0 Å². The van der Waals surface area contributed by atoms with Gasteiger partial charge in [-0.25, -0.2) is 9.78 Å². The standard InChI is InChI=1S/C16H19IN4O2/c1-3-21-13-7-8-20(14-6-5-11(17)9-18-14)10-12(13)15(19-21)16(22)23-4-2/h5-6,9H,3-4,7-8,10H2,1-2H3. The van der Waals surface area contributed by atoms with Crippen LogP contribution in [0.5, 0.6) is 0 Å². The Morgan fingerprint density at radius 1 is 1.39 bits per heavy atom. The summed E-state index contributed by atoms with van der Waals surface area (Å²) >= 11 is 2.24. The predicted octanol–water partition coefficient (Wildman–Crippen LogP) is 2.64. The summed E-state index contributed by atoms with van der Waals surface area (Å²) in [5.41, 5.74) is 2.55. The van der Waals surface area contributed by atoms with Crippen molar-refractivity contribution in [3.63, 3.8) is 0 Å². The molecule has 1 aliphatic rings. The number of halogens is 1. The van der Waals surface area contributed by atoms with Crippen LogP contribution < -0.4 is 4.90 Å². The highest BCUT2D eigenvalue weighted by Gasteiger charge is 2.28. The van der Waals surface area contributed by atoms with Gasteiger partial charge in [0, 0.05) is 47.1 Å². The quantitative estimate of drug-likeness (QED) is 0.556. The zero-order valence-electron chi connectivity index (χ0n) is 13.3. The first-order chi connectivity index (χ1) is 11.1. The average Bonchev–Trinajstić information content (AvgIpc) is 2.94. The minimum absolute atomic E-state index is 0.339. The number of nitrogens with zero attached hydrogens (tertiary/aromatic N) is 4. The fraction of sp³-hybridized carbons (Fsp3) is 0.438. The van der Waals surface area contributed by atoms with Crippen LogP contribution in [-0.4, -0.2) is 33.9 Å². The monoisotopic (exact) mass is 426 g/mol. The number of carbonyl (C=O) groups is 1. The molecule has 0 unspecified atom stereocenters. The molecule has 0 radical (unpaired) electrons. The van der Waals surface area contributed by atoms with E-state index in [1.54, 1.807) is 0 Å². The van der Waals surface area contributed by atoms with Gasteiger partial charge < -0.3 is 9.64 Å². The minimum atomic E-state index is -0.339. The van der Waals surface area contributed by atoms with Gasteiger partial charge in [0.05, 0.1) is 6.61 Å². The van der Waals surface area contributed by atoms with Crippen LogP contribution in [0.2, 0.25) is 0 Å². The third-order valence-electron chi connectivity index (χ3n) is 3.94. The molecule has 0 amide bonds. The third kappa shape index (κ3) is 3.19. The molecular formula is C16H19IN4O2. The fourth-order valence-corrected chi connectivity index (χ4v) is 3.19. The number of aromatic nitrogens is 3. The molecule has 6 nitrogen and oxygen atoms in total. The lowest BCUT2D eigenvalue weighted by Gasteiger charge is -2.28. The van der Waals surface area contributed by atoms with E-state index in [4.69, 9.17) is 4.74 Å². The molecular weight excluding hydrogens is 407 g/mol. The number of rotatable bonds is 4. The first-order valence-corrected chi connectivity index (χ1v) is 8.84. The van der Waals surface area contributed by atoms with Crippen molar-refractivity contribution in [3.05, 3.63) is 38.9 Å². The van der Waals surface area contributed by atoms with Crippen molar-refractivity contribution in [2.24, 2.45) is 0 Å². The van der Waals surface area contributed by atoms with Gasteiger partial charge in [-0.2, -0.15) is 5.10 Å². The summed E-state index contributed by atoms with van der Waals surface area (Å²) in [6.45, 7) is 6.46. The number of hydrogen-bond donors (Lipinski definition) is 0. The lowest BCUT2D eigenvalue weighted by Crippen LogP contribution is -2.32. The Morgan fingerprint density at radius 2 is 2.22 bits per heavy atom. The first-order valence-electron chi connectivity index (χ1n) is 7.76. The summed E-state index contributed by atoms with van der Waals surface area (Å²) in [5.74, 6) is 0.587. The topological polar surface area (TPSA) is 60.2 Å². The maximum atomic E-state index is 12.2. The number of ether oxygens (including phenoxy) is 1. The van der Waals surface area contributed by atoms with Crippen molar-refractivity contribution >= 4 is 34.4 Å². The molecule has 0 saturated carbocycles. The van der Waals surface area contributed by atoms with E-state index in [2.05, 4.69) is 37.6 Å². The van der Waals surface area contributed by atoms with Gasteiger partial charge in [-0.15, -0.1) is 0 Å². The van der Waals surface area contributed by atoms with Crippen molar-refractivity contribution < 1.29 is 9.53 Å². The fourth-order valence-electron chi connectivity index (χ4n) is 2.87. The summed E-state index contributed by atoms with van der Waals surface area (Å²) in [6.07, 6.45) is 2.70. The van der Waals surface area contributed by atoms with E-state index >= 15 is 0 Å². The van der Waals surface area contributed by atoms with Crippen molar-refractivity contribution in [2.75, 3.05) is 18.1 Å². The second-order valence-electron chi connectivity index (χ2n) is 5.32. The lowest BCUT2D eigenvalue weighted by atomic mass is 10.0. The van der Waals surface area contributed by atoms with Gasteiger partial charge in [0.2, 0.25) is 0 Å². The van der Waals surface area contributed by atoms with Crippen molar-refractivity contribution in [3.8, 4) is 0 Å². The van der Waals surface area contributed by atoms with Crippen LogP contribution in [0.1, 0.15) is 35.6 Å². The van der Waals surface area contributed by atoms with Crippen LogP contribution in [0, 0.1) is 3.57 Å². The maximum absolute atomic E-state index is 12.2. The molecule has 122 valence electrons. The second kappa shape index (κ2) is 6.86. The smallest absolute Gasteiger partial charge is 0.359 e. The molecule has 0 aromatic carbocycles. The van der Waals surface area contributed by atoms with Gasteiger partial charge >= 0.3 is 5.97 Å². The highest BCUT2D eigenvalue weighted by Crippen LogP contribution is 2.26. The van der Waals surface area contributed by atoms with Crippen LogP contribution in [0.25, 0.3) is 0 Å². The molecule has 2 aromatic heterocycles. The molecule has 0 atom stereocenters. The number of fused-ring (bicyclic) bond motifs is 1. The Bertz CT molecular complexity index is 712. The number of anilines is 1. The van der Waals surface area contributed by atoms with Crippen LogP contribution >= 0.6 is 22.6 Å². The highest BCUT2D eigenvalue weighted by molar-refractivity contribution is 14.1. The molecule has 1 aliphatic heterocycles. The number of esters is 1. The average molecular weight is 426 g/mol. The van der Waals surface area contributed by atoms with Crippen molar-refractivity contribution in [1.82, 2.24) is 14.8 Å². The Kier molecular flexibility index (Phi) is 4.84. The molecule has 0 saturated heterocycles. The minimum Gasteiger partial charge on any atom is -0.461 e. The summed E-state index contributed by atoms with van der Waals surface area (Å²) in [5, 5.41) is 4.46. The van der Waals surface area contributed by atoms with E-state index in [0.29, 0.717) is 18.8 Å². The normalized spacial score (nSPS) is 13.8. The van der Waals surface area contributed by atoms with Gasteiger partial charge in [-0.1, -0.05) is 0 Å². The molecule has 0 aliphatic carbocycles. The molecule has 2 aromatic rings. The maximum Gasteiger partial charge on any atom is 0.359 e.